The minimum Gasteiger partial charge on any atom is -0.306 e. The maximum Gasteiger partial charge on any atom is 0.159 e. The Bertz CT molecular complexity index is 631. The summed E-state index contributed by atoms with van der Waals surface area (Å²) in [4.78, 5) is 0. The van der Waals surface area contributed by atoms with Crippen LogP contribution in [-0.2, 0) is 0 Å². The Labute approximate surface area is 126 Å². The van der Waals surface area contributed by atoms with Crippen LogP contribution < -0.4 is 5.32 Å². The van der Waals surface area contributed by atoms with Crippen molar-refractivity contribution < 1.29 is 13.2 Å². The summed E-state index contributed by atoms with van der Waals surface area (Å²) in [5.41, 5.74) is 1.16. The van der Waals surface area contributed by atoms with Gasteiger partial charge in [-0.25, -0.2) is 13.2 Å². The summed E-state index contributed by atoms with van der Waals surface area (Å²) in [6, 6.07) is 7.31. The third-order valence-electron chi connectivity index (χ3n) is 3.15. The third-order valence-corrected chi connectivity index (χ3v) is 3.48. The molecular formula is C16H15ClF3N. The fourth-order valence-electron chi connectivity index (χ4n) is 2.12. The van der Waals surface area contributed by atoms with Crippen LogP contribution in [0, 0.1) is 17.5 Å². The first-order valence-corrected chi connectivity index (χ1v) is 7.04. The van der Waals surface area contributed by atoms with E-state index in [1.165, 1.54) is 18.2 Å². The van der Waals surface area contributed by atoms with Crippen LogP contribution in [0.3, 0.4) is 0 Å². The molecular weight excluding hydrogens is 299 g/mol. The highest BCUT2D eigenvalue weighted by Crippen LogP contribution is 2.29. The molecule has 2 aromatic rings. The molecule has 0 fully saturated rings. The van der Waals surface area contributed by atoms with E-state index < -0.39 is 23.5 Å². The smallest absolute Gasteiger partial charge is 0.159 e. The van der Waals surface area contributed by atoms with Crippen molar-refractivity contribution in [1.29, 1.82) is 0 Å². The zero-order chi connectivity index (χ0) is 15.4. The van der Waals surface area contributed by atoms with Gasteiger partial charge in [-0.15, -0.1) is 0 Å². The molecule has 1 unspecified atom stereocenters. The van der Waals surface area contributed by atoms with Crippen molar-refractivity contribution in [3.63, 3.8) is 0 Å². The first-order chi connectivity index (χ1) is 10.0. The van der Waals surface area contributed by atoms with E-state index in [0.717, 1.165) is 18.6 Å². The molecule has 0 aliphatic carbocycles. The van der Waals surface area contributed by atoms with Crippen LogP contribution in [0.5, 0.6) is 0 Å². The Hall–Kier alpha value is -1.52. The molecule has 0 saturated heterocycles. The van der Waals surface area contributed by atoms with E-state index in [1.807, 2.05) is 6.92 Å². The molecule has 2 aromatic carbocycles. The molecule has 0 bridgehead atoms. The predicted molar refractivity (Wildman–Crippen MR) is 77.9 cm³/mol. The Morgan fingerprint density at radius 1 is 1.05 bits per heavy atom. The molecule has 0 aliphatic heterocycles. The summed E-state index contributed by atoms with van der Waals surface area (Å²) in [6.45, 7) is 2.65. The molecule has 0 saturated carbocycles. The van der Waals surface area contributed by atoms with Crippen molar-refractivity contribution in [2.75, 3.05) is 6.54 Å². The number of hydrogen-bond donors (Lipinski definition) is 1. The number of halogens is 4. The minimum absolute atomic E-state index is 0.244. The highest BCUT2D eigenvalue weighted by molar-refractivity contribution is 6.31. The van der Waals surface area contributed by atoms with Gasteiger partial charge in [0.15, 0.2) is 11.6 Å². The fraction of sp³-hybridized carbons (Fsp3) is 0.250. The van der Waals surface area contributed by atoms with E-state index in [9.17, 15) is 13.2 Å². The van der Waals surface area contributed by atoms with Crippen molar-refractivity contribution in [3.05, 3.63) is 70.0 Å². The van der Waals surface area contributed by atoms with E-state index in [2.05, 4.69) is 5.32 Å². The number of rotatable bonds is 5. The number of hydrogen-bond acceptors (Lipinski definition) is 1. The van der Waals surface area contributed by atoms with Gasteiger partial charge in [0, 0.05) is 5.02 Å². The van der Waals surface area contributed by atoms with Crippen LogP contribution >= 0.6 is 11.6 Å². The van der Waals surface area contributed by atoms with Gasteiger partial charge < -0.3 is 5.32 Å². The van der Waals surface area contributed by atoms with Gasteiger partial charge in [0.1, 0.15) is 5.82 Å². The van der Waals surface area contributed by atoms with Crippen LogP contribution in [0.25, 0.3) is 0 Å². The van der Waals surface area contributed by atoms with Gasteiger partial charge in [-0.05, 0) is 48.4 Å². The van der Waals surface area contributed by atoms with Gasteiger partial charge in [-0.3, -0.25) is 0 Å². The maximum absolute atomic E-state index is 13.4. The molecule has 2 rings (SSSR count). The lowest BCUT2D eigenvalue weighted by molar-refractivity contribution is 0.503. The lowest BCUT2D eigenvalue weighted by atomic mass is 9.98. The molecule has 1 nitrogen and oxygen atoms in total. The normalized spacial score (nSPS) is 12.4. The van der Waals surface area contributed by atoms with Gasteiger partial charge in [-0.2, -0.15) is 0 Å². The average molecular weight is 314 g/mol. The van der Waals surface area contributed by atoms with Gasteiger partial charge >= 0.3 is 0 Å². The second-order valence-corrected chi connectivity index (χ2v) is 5.13. The van der Waals surface area contributed by atoms with Crippen molar-refractivity contribution in [3.8, 4) is 0 Å². The number of nitrogens with one attached hydrogen (secondary N) is 1. The highest BCUT2D eigenvalue weighted by atomic mass is 35.5. The molecule has 0 aliphatic rings. The topological polar surface area (TPSA) is 12.0 Å². The Balaban J connectivity index is 2.44. The molecule has 21 heavy (non-hydrogen) atoms. The molecule has 0 amide bonds. The van der Waals surface area contributed by atoms with Gasteiger partial charge in [0.2, 0.25) is 0 Å². The van der Waals surface area contributed by atoms with Crippen LogP contribution in [0.15, 0.2) is 36.4 Å². The van der Waals surface area contributed by atoms with E-state index >= 15 is 0 Å². The molecule has 0 heterocycles. The van der Waals surface area contributed by atoms with E-state index in [0.29, 0.717) is 17.7 Å². The lowest BCUT2D eigenvalue weighted by Crippen LogP contribution is -2.23. The Kier molecular flexibility index (Phi) is 5.26. The van der Waals surface area contributed by atoms with E-state index in [1.54, 1.807) is 6.07 Å². The summed E-state index contributed by atoms with van der Waals surface area (Å²) in [5, 5.41) is 3.46. The molecule has 112 valence electrons. The summed E-state index contributed by atoms with van der Waals surface area (Å²) in [7, 11) is 0. The minimum atomic E-state index is -0.922. The van der Waals surface area contributed by atoms with Crippen molar-refractivity contribution in [2.45, 2.75) is 19.4 Å². The third kappa shape index (κ3) is 3.77. The number of benzene rings is 2. The first-order valence-electron chi connectivity index (χ1n) is 6.66. The van der Waals surface area contributed by atoms with Crippen molar-refractivity contribution >= 4 is 11.6 Å². The van der Waals surface area contributed by atoms with Crippen LogP contribution in [0.1, 0.15) is 30.5 Å². The standard InChI is InChI=1S/C16H15ClF3N/c1-2-7-21-16(10-3-6-14(19)15(20)8-10)12-5-4-11(18)9-13(12)17/h3-6,8-9,16,21H,2,7H2,1H3. The predicted octanol–water partition coefficient (Wildman–Crippen LogP) is 4.85. The van der Waals surface area contributed by atoms with Crippen molar-refractivity contribution in [1.82, 2.24) is 5.32 Å². The second kappa shape index (κ2) is 6.96. The maximum atomic E-state index is 13.4. The summed E-state index contributed by atoms with van der Waals surface area (Å²) >= 11 is 6.08. The van der Waals surface area contributed by atoms with Gasteiger partial charge in [0.05, 0.1) is 6.04 Å². The molecule has 0 aromatic heterocycles. The zero-order valence-corrected chi connectivity index (χ0v) is 12.2. The van der Waals surface area contributed by atoms with E-state index in [-0.39, 0.29) is 5.02 Å². The van der Waals surface area contributed by atoms with Crippen molar-refractivity contribution in [2.24, 2.45) is 0 Å². The lowest BCUT2D eigenvalue weighted by Gasteiger charge is -2.21. The SMILES string of the molecule is CCCNC(c1ccc(F)c(F)c1)c1ccc(F)cc1Cl. The highest BCUT2D eigenvalue weighted by Gasteiger charge is 2.18. The summed E-state index contributed by atoms with van der Waals surface area (Å²) in [6.07, 6.45) is 0.860. The molecule has 1 atom stereocenters. The van der Waals surface area contributed by atoms with Crippen LogP contribution in [0.2, 0.25) is 5.02 Å². The molecule has 5 heteroatoms. The monoisotopic (exact) mass is 313 g/mol. The molecule has 1 N–H and O–H groups in total. The van der Waals surface area contributed by atoms with Crippen LogP contribution in [0.4, 0.5) is 13.2 Å². The fourth-order valence-corrected chi connectivity index (χ4v) is 2.40. The molecule has 0 radical (unpaired) electrons. The summed E-state index contributed by atoms with van der Waals surface area (Å²) < 4.78 is 39.7. The Morgan fingerprint density at radius 3 is 2.43 bits per heavy atom. The zero-order valence-electron chi connectivity index (χ0n) is 11.5. The van der Waals surface area contributed by atoms with E-state index in [4.69, 9.17) is 11.6 Å². The quantitative estimate of drug-likeness (QED) is 0.832. The Morgan fingerprint density at radius 2 is 1.81 bits per heavy atom. The first kappa shape index (κ1) is 15.9. The van der Waals surface area contributed by atoms with Gasteiger partial charge in [0.25, 0.3) is 0 Å². The second-order valence-electron chi connectivity index (χ2n) is 4.73. The van der Waals surface area contributed by atoms with Gasteiger partial charge in [-0.1, -0.05) is 30.7 Å². The average Bonchev–Trinajstić information content (AvgIpc) is 2.44. The molecule has 0 spiro atoms. The largest absolute Gasteiger partial charge is 0.306 e. The van der Waals surface area contributed by atoms with Crippen LogP contribution in [-0.4, -0.2) is 6.54 Å². The summed E-state index contributed by atoms with van der Waals surface area (Å²) in [5.74, 6) is -2.27.